The lowest BCUT2D eigenvalue weighted by molar-refractivity contribution is -0.126. The smallest absolute Gasteiger partial charge is 0.246 e. The highest BCUT2D eigenvalue weighted by Gasteiger charge is 2.34. The Hall–Kier alpha value is -0.820. The van der Waals surface area contributed by atoms with Gasteiger partial charge in [-0.05, 0) is 37.3 Å². The molecule has 5 nitrogen and oxygen atoms in total. The van der Waals surface area contributed by atoms with Crippen LogP contribution in [0, 0.1) is 11.8 Å². The number of amides is 1. The summed E-state index contributed by atoms with van der Waals surface area (Å²) in [5, 5.41) is 3.30. The van der Waals surface area contributed by atoms with E-state index in [2.05, 4.69) is 19.2 Å². The van der Waals surface area contributed by atoms with Crippen molar-refractivity contribution in [3.8, 4) is 0 Å². The van der Waals surface area contributed by atoms with Crippen LogP contribution >= 0.6 is 23.2 Å². The Bertz CT molecular complexity index is 742. The number of piperidine rings is 1. The number of carbonyl (C=O) groups excluding carboxylic acids is 1. The summed E-state index contributed by atoms with van der Waals surface area (Å²) in [6.07, 6.45) is 5.51. The third-order valence-corrected chi connectivity index (χ3v) is 8.30. The first-order chi connectivity index (χ1) is 13.3. The van der Waals surface area contributed by atoms with Gasteiger partial charge in [0.2, 0.25) is 15.9 Å². The summed E-state index contributed by atoms with van der Waals surface area (Å²) in [6.45, 7) is 5.59. The first-order valence-electron chi connectivity index (χ1n) is 10.0. The van der Waals surface area contributed by atoms with Crippen molar-refractivity contribution in [1.82, 2.24) is 9.62 Å². The molecule has 1 unspecified atom stereocenters. The first-order valence-corrected chi connectivity index (χ1v) is 12.2. The van der Waals surface area contributed by atoms with E-state index in [1.54, 1.807) is 6.07 Å². The van der Waals surface area contributed by atoms with E-state index in [9.17, 15) is 13.2 Å². The number of hydrogen-bond donors (Lipinski definition) is 1. The molecule has 8 heteroatoms. The molecule has 0 spiro atoms. The predicted molar refractivity (Wildman–Crippen MR) is 114 cm³/mol. The third-order valence-electron chi connectivity index (χ3n) is 5.45. The minimum Gasteiger partial charge on any atom is -0.356 e. The monoisotopic (exact) mass is 448 g/mol. The maximum Gasteiger partial charge on any atom is 0.246 e. The topological polar surface area (TPSA) is 66.5 Å². The Balaban J connectivity index is 1.92. The molecule has 1 aliphatic heterocycles. The number of rotatable bonds is 9. The fraction of sp³-hybridized carbons (Fsp3) is 0.650. The molecule has 1 aromatic carbocycles. The molecule has 0 saturated carbocycles. The molecule has 1 aromatic rings. The van der Waals surface area contributed by atoms with E-state index in [1.807, 2.05) is 0 Å². The molecule has 0 aromatic heterocycles. The van der Waals surface area contributed by atoms with Crippen LogP contribution in [0.2, 0.25) is 10.0 Å². The number of nitrogens with one attached hydrogen (secondary N) is 1. The zero-order valence-corrected chi connectivity index (χ0v) is 18.9. The highest BCUT2D eigenvalue weighted by molar-refractivity contribution is 7.89. The molecule has 1 heterocycles. The molecular formula is C20H30Cl2N2O3S. The number of benzene rings is 1. The van der Waals surface area contributed by atoms with Gasteiger partial charge in [-0.1, -0.05) is 62.4 Å². The van der Waals surface area contributed by atoms with E-state index >= 15 is 0 Å². The van der Waals surface area contributed by atoms with Gasteiger partial charge in [0.05, 0.1) is 10.0 Å². The van der Waals surface area contributed by atoms with Crippen molar-refractivity contribution >= 4 is 39.1 Å². The number of hydrogen-bond acceptors (Lipinski definition) is 3. The molecule has 0 radical (unpaired) electrons. The number of halogens is 2. The fourth-order valence-corrected chi connectivity index (χ4v) is 6.11. The Labute approximate surface area is 178 Å². The zero-order valence-electron chi connectivity index (χ0n) is 16.6. The average Bonchev–Trinajstić information content (AvgIpc) is 2.67. The van der Waals surface area contributed by atoms with Crippen LogP contribution in [0.4, 0.5) is 0 Å². The van der Waals surface area contributed by atoms with Gasteiger partial charge in [0.15, 0.2) is 0 Å². The number of nitrogens with zero attached hydrogens (tertiary/aromatic N) is 1. The summed E-state index contributed by atoms with van der Waals surface area (Å²) in [5.74, 6) is 0.381. The second-order valence-electron chi connectivity index (χ2n) is 7.39. The van der Waals surface area contributed by atoms with E-state index in [4.69, 9.17) is 23.2 Å². The van der Waals surface area contributed by atoms with E-state index in [1.165, 1.54) is 22.9 Å². The Morgan fingerprint density at radius 2 is 1.82 bits per heavy atom. The van der Waals surface area contributed by atoms with Crippen molar-refractivity contribution in [2.45, 2.75) is 57.3 Å². The van der Waals surface area contributed by atoms with Crippen molar-refractivity contribution < 1.29 is 13.2 Å². The van der Waals surface area contributed by atoms with Gasteiger partial charge in [-0.3, -0.25) is 4.79 Å². The van der Waals surface area contributed by atoms with Gasteiger partial charge < -0.3 is 5.32 Å². The van der Waals surface area contributed by atoms with Crippen LogP contribution in [-0.4, -0.2) is 38.3 Å². The van der Waals surface area contributed by atoms with Crippen molar-refractivity contribution in [3.63, 3.8) is 0 Å². The normalized spacial score (nSPS) is 17.4. The van der Waals surface area contributed by atoms with Crippen LogP contribution in [-0.2, 0) is 14.8 Å². The van der Waals surface area contributed by atoms with Gasteiger partial charge in [0.25, 0.3) is 0 Å². The number of unbranched alkanes of at least 4 members (excludes halogenated alkanes) is 1. The minimum absolute atomic E-state index is 0.0303. The molecule has 1 atom stereocenters. The van der Waals surface area contributed by atoms with Crippen molar-refractivity contribution in [2.75, 3.05) is 19.6 Å². The SMILES string of the molecule is CCCCC(CC)CNC(=O)C1CCN(S(=O)(=O)c2c(Cl)cccc2Cl)CC1. The molecule has 1 saturated heterocycles. The minimum atomic E-state index is -3.77. The molecule has 0 aliphatic carbocycles. The molecule has 158 valence electrons. The van der Waals surface area contributed by atoms with E-state index < -0.39 is 10.0 Å². The number of carbonyl (C=O) groups is 1. The van der Waals surface area contributed by atoms with Crippen LogP contribution < -0.4 is 5.32 Å². The van der Waals surface area contributed by atoms with Crippen LogP contribution in [0.15, 0.2) is 23.1 Å². The van der Waals surface area contributed by atoms with Crippen molar-refractivity contribution in [3.05, 3.63) is 28.2 Å². The van der Waals surface area contributed by atoms with Crippen molar-refractivity contribution in [1.29, 1.82) is 0 Å². The predicted octanol–water partition coefficient (Wildman–Crippen LogP) is 4.73. The standard InChI is InChI=1S/C20H30Cl2N2O3S/c1-3-5-7-15(4-2)14-23-20(25)16-10-12-24(13-11-16)28(26,27)19-17(21)8-6-9-18(19)22/h6,8-9,15-16H,3-5,7,10-14H2,1-2H3,(H,23,25). The van der Waals surface area contributed by atoms with Gasteiger partial charge >= 0.3 is 0 Å². The maximum absolute atomic E-state index is 12.9. The van der Waals surface area contributed by atoms with Crippen LogP contribution in [0.3, 0.4) is 0 Å². The summed E-state index contributed by atoms with van der Waals surface area (Å²) in [7, 11) is -3.77. The van der Waals surface area contributed by atoms with Crippen molar-refractivity contribution in [2.24, 2.45) is 11.8 Å². The third kappa shape index (κ3) is 5.85. The lowest BCUT2D eigenvalue weighted by Gasteiger charge is -2.31. The van der Waals surface area contributed by atoms with Crippen LogP contribution in [0.1, 0.15) is 52.4 Å². The maximum atomic E-state index is 12.9. The largest absolute Gasteiger partial charge is 0.356 e. The molecule has 2 rings (SSSR count). The van der Waals surface area contributed by atoms with Gasteiger partial charge in [-0.25, -0.2) is 8.42 Å². The van der Waals surface area contributed by atoms with Crippen LogP contribution in [0.5, 0.6) is 0 Å². The van der Waals surface area contributed by atoms with Gasteiger partial charge in [-0.2, -0.15) is 4.31 Å². The summed E-state index contributed by atoms with van der Waals surface area (Å²) >= 11 is 12.2. The molecule has 1 amide bonds. The molecule has 1 N–H and O–H groups in total. The molecule has 0 bridgehead atoms. The highest BCUT2D eigenvalue weighted by atomic mass is 35.5. The van der Waals surface area contributed by atoms with E-state index in [0.29, 0.717) is 25.3 Å². The summed E-state index contributed by atoms with van der Waals surface area (Å²) < 4.78 is 27.2. The van der Waals surface area contributed by atoms with Gasteiger partial charge in [-0.15, -0.1) is 0 Å². The lowest BCUT2D eigenvalue weighted by atomic mass is 9.95. The van der Waals surface area contributed by atoms with Gasteiger partial charge in [0, 0.05) is 25.6 Å². The highest BCUT2D eigenvalue weighted by Crippen LogP contribution is 2.33. The lowest BCUT2D eigenvalue weighted by Crippen LogP contribution is -2.43. The van der Waals surface area contributed by atoms with E-state index in [-0.39, 0.29) is 39.9 Å². The van der Waals surface area contributed by atoms with Crippen LogP contribution in [0.25, 0.3) is 0 Å². The quantitative estimate of drug-likeness (QED) is 0.593. The number of sulfonamides is 1. The molecule has 28 heavy (non-hydrogen) atoms. The summed E-state index contributed by atoms with van der Waals surface area (Å²) in [5.41, 5.74) is 0. The zero-order chi connectivity index (χ0) is 20.7. The summed E-state index contributed by atoms with van der Waals surface area (Å²) in [4.78, 5) is 12.5. The average molecular weight is 449 g/mol. The molecular weight excluding hydrogens is 419 g/mol. The molecule has 1 fully saturated rings. The van der Waals surface area contributed by atoms with E-state index in [0.717, 1.165) is 19.3 Å². The Morgan fingerprint density at radius 1 is 1.21 bits per heavy atom. The Morgan fingerprint density at radius 3 is 2.36 bits per heavy atom. The second kappa shape index (κ2) is 10.8. The van der Waals surface area contributed by atoms with Gasteiger partial charge in [0.1, 0.15) is 4.90 Å². The first kappa shape index (κ1) is 23.5. The Kier molecular flexibility index (Phi) is 9.06. The molecule has 1 aliphatic rings. The second-order valence-corrected chi connectivity index (χ2v) is 10.1. The summed E-state index contributed by atoms with van der Waals surface area (Å²) in [6, 6.07) is 4.65. The fourth-order valence-electron chi connectivity index (χ4n) is 3.55.